The minimum absolute atomic E-state index is 0.0175. The lowest BCUT2D eigenvalue weighted by molar-refractivity contribution is 0.102. The molecule has 0 aliphatic heterocycles. The summed E-state index contributed by atoms with van der Waals surface area (Å²) < 4.78 is 32.1. The van der Waals surface area contributed by atoms with Crippen LogP contribution in [0.2, 0.25) is 15.1 Å². The molecule has 33 heavy (non-hydrogen) atoms. The highest BCUT2D eigenvalue weighted by atomic mass is 35.5. The Morgan fingerprint density at radius 1 is 1.06 bits per heavy atom. The summed E-state index contributed by atoms with van der Waals surface area (Å²) in [5, 5.41) is 14.4. The number of nitrogens with one attached hydrogen (secondary N) is 2. The minimum atomic E-state index is -4.07. The van der Waals surface area contributed by atoms with E-state index in [-0.39, 0.29) is 38.3 Å². The Labute approximate surface area is 205 Å². The largest absolute Gasteiger partial charge is 0.338 e. The molecule has 4 rings (SSSR count). The van der Waals surface area contributed by atoms with E-state index >= 15 is 0 Å². The highest BCUT2D eigenvalue weighted by molar-refractivity contribution is 7.91. The molecule has 2 N–H and O–H groups in total. The predicted octanol–water partition coefficient (Wildman–Crippen LogP) is 4.28. The molecule has 4 aromatic rings. The molecule has 0 saturated carbocycles. The molecular formula is C18H11Cl3N6O4S2. The summed E-state index contributed by atoms with van der Waals surface area (Å²) >= 11 is 18.6. The van der Waals surface area contributed by atoms with Gasteiger partial charge in [-0.2, -0.15) is 9.71 Å². The summed E-state index contributed by atoms with van der Waals surface area (Å²) in [6, 6.07) is 11.2. The SMILES string of the molecule is O=C(Nc1nnc(S(=O)(=O)NCc2nc(-c3ccccc3Cl)no2)s1)c1ccc(Cl)cc1Cl. The topological polar surface area (TPSA) is 140 Å². The van der Waals surface area contributed by atoms with E-state index in [0.717, 1.165) is 0 Å². The average Bonchev–Trinajstić information content (AvgIpc) is 3.43. The fourth-order valence-corrected chi connectivity index (χ4v) is 5.13. The van der Waals surface area contributed by atoms with Crippen LogP contribution in [0.1, 0.15) is 16.2 Å². The maximum absolute atomic E-state index is 12.5. The van der Waals surface area contributed by atoms with Crippen LogP contribution in [0.3, 0.4) is 0 Å². The van der Waals surface area contributed by atoms with Crippen molar-refractivity contribution >= 4 is 67.2 Å². The molecule has 0 bridgehead atoms. The van der Waals surface area contributed by atoms with E-state index in [4.69, 9.17) is 39.3 Å². The van der Waals surface area contributed by atoms with Gasteiger partial charge < -0.3 is 4.52 Å². The monoisotopic (exact) mass is 544 g/mol. The van der Waals surface area contributed by atoms with Crippen LogP contribution in [-0.4, -0.2) is 34.7 Å². The minimum Gasteiger partial charge on any atom is -0.338 e. The van der Waals surface area contributed by atoms with Gasteiger partial charge in [-0.3, -0.25) is 10.1 Å². The summed E-state index contributed by atoms with van der Waals surface area (Å²) in [7, 11) is -4.07. The smallest absolute Gasteiger partial charge is 0.270 e. The normalized spacial score (nSPS) is 11.5. The number of rotatable bonds is 7. The molecule has 2 aromatic heterocycles. The Balaban J connectivity index is 1.42. The van der Waals surface area contributed by atoms with E-state index < -0.39 is 15.9 Å². The van der Waals surface area contributed by atoms with E-state index in [1.807, 2.05) is 0 Å². The van der Waals surface area contributed by atoms with Gasteiger partial charge in [0.25, 0.3) is 15.9 Å². The molecule has 0 unspecified atom stereocenters. The van der Waals surface area contributed by atoms with Gasteiger partial charge in [0, 0.05) is 10.6 Å². The molecule has 0 spiro atoms. The summed E-state index contributed by atoms with van der Waals surface area (Å²) in [4.78, 5) is 16.5. The summed E-state index contributed by atoms with van der Waals surface area (Å²) in [5.41, 5.74) is 0.687. The third kappa shape index (κ3) is 5.49. The number of anilines is 1. The molecule has 0 fully saturated rings. The molecule has 0 saturated heterocycles. The van der Waals surface area contributed by atoms with Crippen molar-refractivity contribution < 1.29 is 17.7 Å². The predicted molar refractivity (Wildman–Crippen MR) is 123 cm³/mol. The van der Waals surface area contributed by atoms with Gasteiger partial charge in [-0.05, 0) is 30.3 Å². The standard InChI is InChI=1S/C18H11Cl3N6O4S2/c19-9-5-6-11(13(21)7-9)16(28)24-17-25-26-18(32-17)33(29,30)22-8-14-23-15(27-31-14)10-3-1-2-4-12(10)20/h1-7,22H,8H2,(H,24,25,28). The number of amides is 1. The second kappa shape index (κ2) is 9.71. The van der Waals surface area contributed by atoms with Gasteiger partial charge in [-0.15, -0.1) is 10.2 Å². The zero-order valence-electron chi connectivity index (χ0n) is 16.1. The number of carbonyl (C=O) groups excluding carboxylic acids is 1. The van der Waals surface area contributed by atoms with Crippen LogP contribution < -0.4 is 10.0 Å². The molecular weight excluding hydrogens is 535 g/mol. The Morgan fingerprint density at radius 3 is 2.61 bits per heavy atom. The second-order valence-electron chi connectivity index (χ2n) is 6.27. The maximum Gasteiger partial charge on any atom is 0.270 e. The first-order chi connectivity index (χ1) is 15.7. The maximum atomic E-state index is 12.5. The van der Waals surface area contributed by atoms with Gasteiger partial charge in [0.1, 0.15) is 0 Å². The van der Waals surface area contributed by atoms with Gasteiger partial charge >= 0.3 is 0 Å². The highest BCUT2D eigenvalue weighted by Crippen LogP contribution is 2.26. The van der Waals surface area contributed by atoms with Crippen molar-refractivity contribution in [3.8, 4) is 11.4 Å². The van der Waals surface area contributed by atoms with Crippen LogP contribution in [0.4, 0.5) is 5.13 Å². The van der Waals surface area contributed by atoms with Gasteiger partial charge in [0.05, 0.1) is 22.2 Å². The third-order valence-corrected chi connectivity index (χ3v) is 7.51. The van der Waals surface area contributed by atoms with E-state index in [1.165, 1.54) is 18.2 Å². The van der Waals surface area contributed by atoms with Gasteiger partial charge in [0.15, 0.2) is 0 Å². The van der Waals surface area contributed by atoms with Gasteiger partial charge in [-0.1, -0.05) is 63.4 Å². The van der Waals surface area contributed by atoms with Crippen molar-refractivity contribution in [2.45, 2.75) is 10.9 Å². The average molecular weight is 546 g/mol. The second-order valence-corrected chi connectivity index (χ2v) is 10.4. The quantitative estimate of drug-likeness (QED) is 0.328. The zero-order valence-corrected chi connectivity index (χ0v) is 20.0. The lowest BCUT2D eigenvalue weighted by atomic mass is 10.2. The third-order valence-electron chi connectivity index (χ3n) is 4.03. The number of benzene rings is 2. The van der Waals surface area contributed by atoms with Crippen LogP contribution in [0, 0.1) is 0 Å². The van der Waals surface area contributed by atoms with Crippen molar-refractivity contribution in [3.05, 3.63) is 69.0 Å². The first kappa shape index (κ1) is 23.5. The number of sulfonamides is 1. The summed E-state index contributed by atoms with van der Waals surface area (Å²) in [6.45, 7) is -0.290. The van der Waals surface area contributed by atoms with Crippen molar-refractivity contribution in [2.24, 2.45) is 0 Å². The molecule has 0 atom stereocenters. The molecule has 2 aromatic carbocycles. The molecule has 0 aliphatic rings. The zero-order chi connectivity index (χ0) is 23.6. The van der Waals surface area contributed by atoms with Crippen LogP contribution in [0.25, 0.3) is 11.4 Å². The first-order valence-corrected chi connectivity index (χ1v) is 12.3. The molecule has 1 amide bonds. The van der Waals surface area contributed by atoms with Crippen LogP contribution in [-0.2, 0) is 16.6 Å². The van der Waals surface area contributed by atoms with Crippen molar-refractivity contribution in [1.29, 1.82) is 0 Å². The molecule has 10 nitrogen and oxygen atoms in total. The number of halogens is 3. The van der Waals surface area contributed by atoms with Gasteiger partial charge in [0.2, 0.25) is 21.2 Å². The van der Waals surface area contributed by atoms with Gasteiger partial charge in [-0.25, -0.2) is 8.42 Å². The first-order valence-electron chi connectivity index (χ1n) is 8.90. The Morgan fingerprint density at radius 2 is 1.85 bits per heavy atom. The number of hydrogen-bond acceptors (Lipinski definition) is 9. The highest BCUT2D eigenvalue weighted by Gasteiger charge is 2.23. The van der Waals surface area contributed by atoms with E-state index in [1.54, 1.807) is 24.3 Å². The fraction of sp³-hybridized carbons (Fsp3) is 0.0556. The number of nitrogens with zero attached hydrogens (tertiary/aromatic N) is 4. The van der Waals surface area contributed by atoms with Crippen molar-refractivity contribution in [3.63, 3.8) is 0 Å². The number of aromatic nitrogens is 4. The van der Waals surface area contributed by atoms with Crippen LogP contribution >= 0.6 is 46.1 Å². The fourth-order valence-electron chi connectivity index (χ4n) is 2.50. The molecule has 0 aliphatic carbocycles. The van der Waals surface area contributed by atoms with E-state index in [0.29, 0.717) is 26.9 Å². The van der Waals surface area contributed by atoms with Crippen molar-refractivity contribution in [2.75, 3.05) is 5.32 Å². The Kier molecular flexibility index (Phi) is 6.93. The Bertz CT molecular complexity index is 1440. The number of carbonyl (C=O) groups is 1. The molecule has 15 heteroatoms. The lowest BCUT2D eigenvalue weighted by Crippen LogP contribution is -2.23. The van der Waals surface area contributed by atoms with Crippen LogP contribution in [0.5, 0.6) is 0 Å². The lowest BCUT2D eigenvalue weighted by Gasteiger charge is -2.03. The van der Waals surface area contributed by atoms with E-state index in [9.17, 15) is 13.2 Å². The van der Waals surface area contributed by atoms with E-state index in [2.05, 4.69) is 30.4 Å². The Hall–Kier alpha value is -2.61. The molecule has 0 radical (unpaired) electrons. The molecule has 170 valence electrons. The summed E-state index contributed by atoms with van der Waals surface area (Å²) in [5.74, 6) is -0.358. The van der Waals surface area contributed by atoms with Crippen molar-refractivity contribution in [1.82, 2.24) is 25.1 Å². The van der Waals surface area contributed by atoms with Crippen LogP contribution in [0.15, 0.2) is 51.3 Å². The number of hydrogen-bond donors (Lipinski definition) is 2. The molecule has 2 heterocycles. The summed E-state index contributed by atoms with van der Waals surface area (Å²) in [6.07, 6.45) is 0.